The molecule has 3 N–H and O–H groups in total. The monoisotopic (exact) mass is 584 g/mol. The van der Waals surface area contributed by atoms with Crippen LogP contribution in [0.2, 0.25) is 0 Å². The molecule has 0 fully saturated rings. The largest absolute Gasteiger partial charge is 0.497 e. The van der Waals surface area contributed by atoms with Crippen LogP contribution in [0.15, 0.2) is 93.9 Å². The summed E-state index contributed by atoms with van der Waals surface area (Å²) < 4.78 is 18.4. The average molecular weight is 585 g/mol. The van der Waals surface area contributed by atoms with E-state index in [4.69, 9.17) is 19.9 Å². The number of rotatable bonds is 9. The topological polar surface area (TPSA) is 134 Å². The maximum absolute atomic E-state index is 14.0. The molecule has 42 heavy (non-hydrogen) atoms. The van der Waals surface area contributed by atoms with Crippen LogP contribution < -0.4 is 40.2 Å². The summed E-state index contributed by atoms with van der Waals surface area (Å²) >= 11 is 1.22. The zero-order valence-corrected chi connectivity index (χ0v) is 23.9. The van der Waals surface area contributed by atoms with Crippen molar-refractivity contribution in [2.45, 2.75) is 13.0 Å². The molecule has 2 amide bonds. The summed E-state index contributed by atoms with van der Waals surface area (Å²) in [7, 11) is 3.08. The number of para-hydroxylation sites is 1. The number of aromatic nitrogens is 1. The highest BCUT2D eigenvalue weighted by Crippen LogP contribution is 2.37. The van der Waals surface area contributed by atoms with Gasteiger partial charge in [-0.05, 0) is 55.0 Å². The fourth-order valence-corrected chi connectivity index (χ4v) is 5.68. The van der Waals surface area contributed by atoms with Gasteiger partial charge in [-0.3, -0.25) is 19.0 Å². The summed E-state index contributed by atoms with van der Waals surface area (Å²) in [5, 5.41) is 2.94. The standard InChI is InChI=1S/C31H28N4O6S/c1-18-27(29(37)34-20-7-5-4-6-8-20)28(23-14-13-22(39-2)16-24(23)40-3)35-30(38)25(42-31(35)33-18)15-19-9-11-21(12-10-19)41-17-26(32)36/h4-16,28H,17H2,1-3H3,(H2,32,36)(H,34,37)/b25-15-/t28-/m0/s1. The number of allylic oxidation sites excluding steroid dienone is 1. The van der Waals surface area contributed by atoms with Crippen LogP contribution in [-0.2, 0) is 9.59 Å². The number of hydrogen-bond acceptors (Lipinski definition) is 8. The highest BCUT2D eigenvalue weighted by Gasteiger charge is 2.34. The Kier molecular flexibility index (Phi) is 8.21. The molecule has 0 saturated carbocycles. The zero-order valence-electron chi connectivity index (χ0n) is 23.1. The molecule has 1 aliphatic rings. The number of thiazole rings is 1. The predicted molar refractivity (Wildman–Crippen MR) is 160 cm³/mol. The SMILES string of the molecule is COc1ccc([C@H]2C(C(=O)Nc3ccccc3)=C(C)N=c3s/c(=C\c4ccc(OCC(N)=O)cc4)c(=O)n32)c(OC)c1. The van der Waals surface area contributed by atoms with Gasteiger partial charge in [0.1, 0.15) is 23.3 Å². The van der Waals surface area contributed by atoms with Crippen molar-refractivity contribution >= 4 is 34.9 Å². The van der Waals surface area contributed by atoms with E-state index in [1.807, 2.05) is 18.2 Å². The van der Waals surface area contributed by atoms with Crippen molar-refractivity contribution in [3.63, 3.8) is 0 Å². The molecule has 0 radical (unpaired) electrons. The average Bonchev–Trinajstić information content (AvgIpc) is 3.29. The third-order valence-electron chi connectivity index (χ3n) is 6.59. The number of nitrogens with two attached hydrogens (primary N) is 1. The van der Waals surface area contributed by atoms with Gasteiger partial charge in [0.25, 0.3) is 17.4 Å². The van der Waals surface area contributed by atoms with Crippen molar-refractivity contribution in [2.24, 2.45) is 10.7 Å². The molecule has 0 aliphatic carbocycles. The summed E-state index contributed by atoms with van der Waals surface area (Å²) in [5.74, 6) is 0.549. The van der Waals surface area contributed by atoms with Crippen LogP contribution in [0.5, 0.6) is 17.2 Å². The van der Waals surface area contributed by atoms with Crippen molar-refractivity contribution in [1.82, 2.24) is 4.57 Å². The first-order chi connectivity index (χ1) is 20.3. The minimum atomic E-state index is -0.822. The first-order valence-electron chi connectivity index (χ1n) is 12.9. The second kappa shape index (κ2) is 12.1. The van der Waals surface area contributed by atoms with Gasteiger partial charge in [-0.1, -0.05) is 41.7 Å². The van der Waals surface area contributed by atoms with E-state index in [2.05, 4.69) is 10.3 Å². The van der Waals surface area contributed by atoms with E-state index in [0.717, 1.165) is 5.56 Å². The normalized spacial score (nSPS) is 14.5. The van der Waals surface area contributed by atoms with Gasteiger partial charge in [0.05, 0.1) is 30.0 Å². The van der Waals surface area contributed by atoms with Crippen LogP contribution in [0.4, 0.5) is 5.69 Å². The van der Waals surface area contributed by atoms with Gasteiger partial charge >= 0.3 is 0 Å². The Labute approximate surface area is 245 Å². The first-order valence-corrected chi connectivity index (χ1v) is 13.7. The number of fused-ring (bicyclic) bond motifs is 1. The Bertz CT molecular complexity index is 1860. The molecule has 214 valence electrons. The lowest BCUT2D eigenvalue weighted by Gasteiger charge is -2.26. The van der Waals surface area contributed by atoms with Crippen LogP contribution in [0.3, 0.4) is 0 Å². The smallest absolute Gasteiger partial charge is 0.271 e. The van der Waals surface area contributed by atoms with Gasteiger partial charge in [-0.25, -0.2) is 4.99 Å². The lowest BCUT2D eigenvalue weighted by molar-refractivity contribution is -0.120. The number of carbonyl (C=O) groups excluding carboxylic acids is 2. The molecular weight excluding hydrogens is 556 g/mol. The van der Waals surface area contributed by atoms with Gasteiger partial charge < -0.3 is 25.3 Å². The fraction of sp³-hybridized carbons (Fsp3) is 0.161. The molecule has 1 atom stereocenters. The van der Waals surface area contributed by atoms with Crippen LogP contribution in [-0.4, -0.2) is 37.2 Å². The Hall–Kier alpha value is -5.16. The third-order valence-corrected chi connectivity index (χ3v) is 7.58. The van der Waals surface area contributed by atoms with Crippen molar-refractivity contribution in [3.05, 3.63) is 115 Å². The number of ether oxygens (including phenoxy) is 3. The number of nitrogens with zero attached hydrogens (tertiary/aromatic N) is 2. The van der Waals surface area contributed by atoms with E-state index >= 15 is 0 Å². The number of amides is 2. The molecule has 5 rings (SSSR count). The van der Waals surface area contributed by atoms with Crippen molar-refractivity contribution in [1.29, 1.82) is 0 Å². The Morgan fingerprint density at radius 2 is 1.74 bits per heavy atom. The number of primary amides is 1. The van der Waals surface area contributed by atoms with E-state index in [0.29, 0.717) is 49.1 Å². The van der Waals surface area contributed by atoms with Crippen molar-refractivity contribution < 1.29 is 23.8 Å². The Morgan fingerprint density at radius 1 is 1.02 bits per heavy atom. The lowest BCUT2D eigenvalue weighted by atomic mass is 9.94. The molecule has 2 heterocycles. The van der Waals surface area contributed by atoms with Gasteiger partial charge in [0, 0.05) is 17.3 Å². The van der Waals surface area contributed by atoms with Crippen LogP contribution in [0.25, 0.3) is 6.08 Å². The predicted octanol–water partition coefficient (Wildman–Crippen LogP) is 2.76. The quantitative estimate of drug-likeness (QED) is 0.311. The summed E-state index contributed by atoms with van der Waals surface area (Å²) in [4.78, 5) is 43.9. The molecule has 10 nitrogen and oxygen atoms in total. The maximum atomic E-state index is 14.0. The van der Waals surface area contributed by atoms with Gasteiger partial charge in [0.2, 0.25) is 0 Å². The third kappa shape index (κ3) is 5.81. The summed E-state index contributed by atoms with van der Waals surface area (Å²) in [5.41, 5.74) is 7.59. The fourth-order valence-electron chi connectivity index (χ4n) is 4.64. The highest BCUT2D eigenvalue weighted by molar-refractivity contribution is 7.07. The van der Waals surface area contributed by atoms with E-state index in [9.17, 15) is 14.4 Å². The summed E-state index contributed by atoms with van der Waals surface area (Å²) in [6, 6.07) is 20.4. The number of anilines is 1. The molecule has 11 heteroatoms. The molecule has 3 aromatic carbocycles. The lowest BCUT2D eigenvalue weighted by Crippen LogP contribution is -2.40. The van der Waals surface area contributed by atoms with E-state index in [1.165, 1.54) is 23.0 Å². The van der Waals surface area contributed by atoms with Crippen LogP contribution in [0, 0.1) is 0 Å². The minimum Gasteiger partial charge on any atom is -0.497 e. The molecule has 0 bridgehead atoms. The van der Waals surface area contributed by atoms with Crippen molar-refractivity contribution in [3.8, 4) is 17.2 Å². The second-order valence-corrected chi connectivity index (χ2v) is 10.3. The maximum Gasteiger partial charge on any atom is 0.271 e. The summed E-state index contributed by atoms with van der Waals surface area (Å²) in [6.45, 7) is 1.52. The first kappa shape index (κ1) is 28.4. The van der Waals surface area contributed by atoms with E-state index in [1.54, 1.807) is 74.7 Å². The van der Waals surface area contributed by atoms with Gasteiger partial charge in [0.15, 0.2) is 11.4 Å². The molecular formula is C31H28N4O6S. The van der Waals surface area contributed by atoms with E-state index < -0.39 is 11.9 Å². The molecule has 0 saturated heterocycles. The van der Waals surface area contributed by atoms with Gasteiger partial charge in [-0.15, -0.1) is 0 Å². The zero-order chi connectivity index (χ0) is 29.8. The van der Waals surface area contributed by atoms with E-state index in [-0.39, 0.29) is 18.1 Å². The molecule has 0 unspecified atom stereocenters. The molecule has 1 aliphatic heterocycles. The number of methoxy groups -OCH3 is 2. The molecule has 1 aromatic heterocycles. The Morgan fingerprint density at radius 3 is 2.40 bits per heavy atom. The van der Waals surface area contributed by atoms with Crippen molar-refractivity contribution in [2.75, 3.05) is 26.1 Å². The number of carbonyl (C=O) groups is 2. The minimum absolute atomic E-state index is 0.230. The van der Waals surface area contributed by atoms with Crippen LogP contribution in [0.1, 0.15) is 24.1 Å². The van der Waals surface area contributed by atoms with Gasteiger partial charge in [-0.2, -0.15) is 0 Å². The highest BCUT2D eigenvalue weighted by atomic mass is 32.1. The molecule has 0 spiro atoms. The summed E-state index contributed by atoms with van der Waals surface area (Å²) in [6.07, 6.45) is 1.74. The second-order valence-electron chi connectivity index (χ2n) is 9.33. The Balaban J connectivity index is 1.63. The number of hydrogen-bond donors (Lipinski definition) is 2. The van der Waals surface area contributed by atoms with Crippen LogP contribution >= 0.6 is 11.3 Å². The number of nitrogens with one attached hydrogen (secondary N) is 1. The number of benzene rings is 3. The molecule has 4 aromatic rings.